The fourth-order valence-electron chi connectivity index (χ4n) is 1.90. The fraction of sp³-hybridized carbons (Fsp3) is 0.571. The Balaban J connectivity index is 2.35. The van der Waals surface area contributed by atoms with Crippen LogP contribution < -0.4 is 4.90 Å². The topological polar surface area (TPSA) is 23.5 Å². The summed E-state index contributed by atoms with van der Waals surface area (Å²) in [5, 5.41) is 9.17. The van der Waals surface area contributed by atoms with E-state index in [1.54, 1.807) is 0 Å². The van der Waals surface area contributed by atoms with Gasteiger partial charge >= 0.3 is 0 Å². The minimum absolute atomic E-state index is 0.163. The van der Waals surface area contributed by atoms with Crippen molar-refractivity contribution in [3.8, 4) is 0 Å². The molecular weight excluding hydrogens is 198 g/mol. The van der Waals surface area contributed by atoms with Crippen LogP contribution in [0.25, 0.3) is 0 Å². The van der Waals surface area contributed by atoms with Gasteiger partial charge in [0.1, 0.15) is 0 Å². The van der Waals surface area contributed by atoms with Crippen molar-refractivity contribution in [3.05, 3.63) is 29.8 Å². The predicted octanol–water partition coefficient (Wildman–Crippen LogP) is 2.98. The third-order valence-corrected chi connectivity index (χ3v) is 2.89. The molecule has 2 nitrogen and oxygen atoms in total. The average Bonchev–Trinajstić information content (AvgIpc) is 2.24. The second-order valence-electron chi connectivity index (χ2n) is 4.55. The molecule has 0 aliphatic carbocycles. The molecule has 0 aromatic heterocycles. The quantitative estimate of drug-likeness (QED) is 0.746. The van der Waals surface area contributed by atoms with Gasteiger partial charge in [-0.05, 0) is 44.7 Å². The Labute approximate surface area is 98.9 Å². The molecule has 1 atom stereocenters. The zero-order valence-corrected chi connectivity index (χ0v) is 10.6. The molecular formula is C14H23NO. The van der Waals surface area contributed by atoms with Gasteiger partial charge in [-0.25, -0.2) is 0 Å². The number of aryl methyl sites for hydroxylation is 1. The molecule has 90 valence electrons. The zero-order chi connectivity index (χ0) is 12.0. The molecule has 0 fully saturated rings. The summed E-state index contributed by atoms with van der Waals surface area (Å²) in [6, 6.07) is 8.44. The van der Waals surface area contributed by atoms with Crippen molar-refractivity contribution in [2.45, 2.75) is 39.2 Å². The Morgan fingerprint density at radius 3 is 2.56 bits per heavy atom. The molecule has 0 bridgehead atoms. The number of nitrogens with zero attached hydrogens (tertiary/aromatic N) is 1. The van der Waals surface area contributed by atoms with Crippen LogP contribution in [0.1, 0.15) is 31.7 Å². The maximum Gasteiger partial charge on any atom is 0.0512 e. The second kappa shape index (κ2) is 6.54. The Kier molecular flexibility index (Phi) is 5.33. The normalized spacial score (nSPS) is 12.5. The van der Waals surface area contributed by atoms with Gasteiger partial charge in [0.05, 0.1) is 6.10 Å². The highest BCUT2D eigenvalue weighted by Crippen LogP contribution is 2.18. The largest absolute Gasteiger partial charge is 0.393 e. The van der Waals surface area contributed by atoms with Gasteiger partial charge in [0, 0.05) is 19.3 Å². The monoisotopic (exact) mass is 221 g/mol. The lowest BCUT2D eigenvalue weighted by Crippen LogP contribution is -2.19. The summed E-state index contributed by atoms with van der Waals surface area (Å²) < 4.78 is 0. The SMILES string of the molecule is Cc1ccccc1N(C)CCCCC(C)O. The smallest absolute Gasteiger partial charge is 0.0512 e. The molecule has 1 unspecified atom stereocenters. The number of aliphatic hydroxyl groups excluding tert-OH is 1. The van der Waals surface area contributed by atoms with E-state index in [0.29, 0.717) is 0 Å². The van der Waals surface area contributed by atoms with E-state index in [2.05, 4.69) is 43.1 Å². The van der Waals surface area contributed by atoms with Crippen LogP contribution >= 0.6 is 0 Å². The molecule has 0 spiro atoms. The van der Waals surface area contributed by atoms with Crippen LogP contribution in [0, 0.1) is 6.92 Å². The summed E-state index contributed by atoms with van der Waals surface area (Å²) in [4.78, 5) is 2.29. The molecule has 1 N–H and O–H groups in total. The molecule has 0 saturated heterocycles. The molecule has 1 rings (SSSR count). The maximum absolute atomic E-state index is 9.17. The highest BCUT2D eigenvalue weighted by atomic mass is 16.3. The lowest BCUT2D eigenvalue weighted by molar-refractivity contribution is 0.181. The van der Waals surface area contributed by atoms with Crippen LogP contribution in [0.2, 0.25) is 0 Å². The van der Waals surface area contributed by atoms with E-state index >= 15 is 0 Å². The van der Waals surface area contributed by atoms with Gasteiger partial charge in [-0.1, -0.05) is 18.2 Å². The van der Waals surface area contributed by atoms with Crippen molar-refractivity contribution < 1.29 is 5.11 Å². The van der Waals surface area contributed by atoms with E-state index < -0.39 is 0 Å². The predicted molar refractivity (Wildman–Crippen MR) is 70.0 cm³/mol. The minimum atomic E-state index is -0.163. The highest BCUT2D eigenvalue weighted by Gasteiger charge is 2.03. The number of rotatable bonds is 6. The molecule has 16 heavy (non-hydrogen) atoms. The third kappa shape index (κ3) is 4.23. The first kappa shape index (κ1) is 13.0. The van der Waals surface area contributed by atoms with Gasteiger partial charge in [-0.15, -0.1) is 0 Å². The first-order valence-electron chi connectivity index (χ1n) is 6.06. The van der Waals surface area contributed by atoms with Crippen LogP contribution in [0.15, 0.2) is 24.3 Å². The second-order valence-corrected chi connectivity index (χ2v) is 4.55. The standard InChI is InChI=1S/C14H23NO/c1-12-8-4-5-10-14(12)15(3)11-7-6-9-13(2)16/h4-5,8,10,13,16H,6-7,9,11H2,1-3H3. The molecule has 0 aliphatic rings. The molecule has 0 amide bonds. The summed E-state index contributed by atoms with van der Waals surface area (Å²) in [5.74, 6) is 0. The van der Waals surface area contributed by atoms with E-state index in [9.17, 15) is 0 Å². The number of benzene rings is 1. The van der Waals surface area contributed by atoms with E-state index in [0.717, 1.165) is 25.8 Å². The molecule has 0 radical (unpaired) electrons. The van der Waals surface area contributed by atoms with E-state index in [-0.39, 0.29) is 6.10 Å². The van der Waals surface area contributed by atoms with Crippen LogP contribution in [0.5, 0.6) is 0 Å². The number of aliphatic hydroxyl groups is 1. The summed E-state index contributed by atoms with van der Waals surface area (Å²) in [6.45, 7) is 5.05. The lowest BCUT2D eigenvalue weighted by atomic mass is 10.1. The van der Waals surface area contributed by atoms with Crippen LogP contribution in [0.4, 0.5) is 5.69 Å². The Morgan fingerprint density at radius 2 is 1.94 bits per heavy atom. The summed E-state index contributed by atoms with van der Waals surface area (Å²) in [7, 11) is 2.13. The first-order valence-corrected chi connectivity index (χ1v) is 6.06. The zero-order valence-electron chi connectivity index (χ0n) is 10.6. The molecule has 1 aromatic carbocycles. The van der Waals surface area contributed by atoms with Crippen molar-refractivity contribution in [1.82, 2.24) is 0 Å². The number of anilines is 1. The van der Waals surface area contributed by atoms with E-state index in [1.165, 1.54) is 11.3 Å². The number of unbranched alkanes of at least 4 members (excludes halogenated alkanes) is 1. The van der Waals surface area contributed by atoms with Gasteiger partial charge in [0.15, 0.2) is 0 Å². The fourth-order valence-corrected chi connectivity index (χ4v) is 1.90. The van der Waals surface area contributed by atoms with E-state index in [4.69, 9.17) is 5.11 Å². The maximum atomic E-state index is 9.17. The van der Waals surface area contributed by atoms with Gasteiger partial charge in [-0.3, -0.25) is 0 Å². The molecule has 0 saturated carbocycles. The van der Waals surface area contributed by atoms with Crippen molar-refractivity contribution in [3.63, 3.8) is 0 Å². The number of hydrogen-bond acceptors (Lipinski definition) is 2. The average molecular weight is 221 g/mol. The van der Waals surface area contributed by atoms with Gasteiger partial charge < -0.3 is 10.0 Å². The molecule has 1 aromatic rings. The third-order valence-electron chi connectivity index (χ3n) is 2.89. The Morgan fingerprint density at radius 1 is 1.25 bits per heavy atom. The minimum Gasteiger partial charge on any atom is -0.393 e. The van der Waals surface area contributed by atoms with Crippen LogP contribution in [-0.2, 0) is 0 Å². The van der Waals surface area contributed by atoms with Gasteiger partial charge in [0.25, 0.3) is 0 Å². The van der Waals surface area contributed by atoms with Crippen molar-refractivity contribution in [1.29, 1.82) is 0 Å². The van der Waals surface area contributed by atoms with Crippen LogP contribution in [0.3, 0.4) is 0 Å². The first-order chi connectivity index (χ1) is 7.61. The highest BCUT2D eigenvalue weighted by molar-refractivity contribution is 5.52. The van der Waals surface area contributed by atoms with Crippen molar-refractivity contribution in [2.75, 3.05) is 18.5 Å². The Bertz CT molecular complexity index is 309. The van der Waals surface area contributed by atoms with Crippen molar-refractivity contribution >= 4 is 5.69 Å². The molecule has 2 heteroatoms. The Hall–Kier alpha value is -1.02. The van der Waals surface area contributed by atoms with Crippen molar-refractivity contribution in [2.24, 2.45) is 0 Å². The lowest BCUT2D eigenvalue weighted by Gasteiger charge is -2.21. The summed E-state index contributed by atoms with van der Waals surface area (Å²) in [5.41, 5.74) is 2.63. The molecule has 0 heterocycles. The van der Waals surface area contributed by atoms with Gasteiger partial charge in [-0.2, -0.15) is 0 Å². The van der Waals surface area contributed by atoms with Crippen LogP contribution in [-0.4, -0.2) is 24.8 Å². The van der Waals surface area contributed by atoms with Gasteiger partial charge in [0.2, 0.25) is 0 Å². The number of hydrogen-bond donors (Lipinski definition) is 1. The molecule has 0 aliphatic heterocycles. The van der Waals surface area contributed by atoms with E-state index in [1.807, 2.05) is 6.92 Å². The summed E-state index contributed by atoms with van der Waals surface area (Å²) in [6.07, 6.45) is 2.97. The summed E-state index contributed by atoms with van der Waals surface area (Å²) >= 11 is 0. The number of para-hydroxylation sites is 1.